The lowest BCUT2D eigenvalue weighted by molar-refractivity contribution is -0.146. The second-order valence-corrected chi connectivity index (χ2v) is 8.26. The lowest BCUT2D eigenvalue weighted by Crippen LogP contribution is -2.39. The molecule has 2 aromatic rings. The van der Waals surface area contributed by atoms with Crippen molar-refractivity contribution in [1.29, 1.82) is 0 Å². The molecule has 1 atom stereocenters. The van der Waals surface area contributed by atoms with Crippen LogP contribution in [0, 0.1) is 0 Å². The number of aromatic hydroxyl groups is 1. The molecule has 0 bridgehead atoms. The van der Waals surface area contributed by atoms with Crippen molar-refractivity contribution in [2.45, 2.75) is 51.4 Å². The molecule has 8 heteroatoms. The van der Waals surface area contributed by atoms with E-state index >= 15 is 0 Å². The van der Waals surface area contributed by atoms with Crippen molar-refractivity contribution in [3.63, 3.8) is 0 Å². The highest BCUT2D eigenvalue weighted by molar-refractivity contribution is 5.87. The summed E-state index contributed by atoms with van der Waals surface area (Å²) in [4.78, 5) is 26.6. The van der Waals surface area contributed by atoms with Crippen LogP contribution in [0.2, 0.25) is 0 Å². The fraction of sp³-hybridized carbons (Fsp3) is 0.524. The number of ether oxygens (including phenoxy) is 2. The molecular weight excluding hydrogens is 378 g/mol. The average molecular weight is 403 g/mol. The summed E-state index contributed by atoms with van der Waals surface area (Å²) in [7, 11) is 0. The number of fused-ring (bicyclic) bond motifs is 2. The molecule has 0 spiro atoms. The molecule has 1 fully saturated rings. The summed E-state index contributed by atoms with van der Waals surface area (Å²) >= 11 is 0. The first-order valence-corrected chi connectivity index (χ1v) is 9.81. The molecule has 3 heterocycles. The van der Waals surface area contributed by atoms with Gasteiger partial charge in [0, 0.05) is 24.1 Å². The number of rotatable bonds is 5. The van der Waals surface area contributed by atoms with Gasteiger partial charge in [-0.15, -0.1) is 0 Å². The molecular formula is C21H25NO7. The van der Waals surface area contributed by atoms with Gasteiger partial charge >= 0.3 is 5.97 Å². The molecule has 1 unspecified atom stereocenters. The van der Waals surface area contributed by atoms with Crippen molar-refractivity contribution in [3.05, 3.63) is 33.7 Å². The quantitative estimate of drug-likeness (QED) is 0.726. The van der Waals surface area contributed by atoms with Gasteiger partial charge in [0.25, 0.3) is 0 Å². The van der Waals surface area contributed by atoms with E-state index in [0.29, 0.717) is 11.3 Å². The predicted molar refractivity (Wildman–Crippen MR) is 104 cm³/mol. The summed E-state index contributed by atoms with van der Waals surface area (Å²) in [6.07, 6.45) is 1.91. The van der Waals surface area contributed by atoms with E-state index in [9.17, 15) is 19.8 Å². The maximum atomic E-state index is 12.6. The van der Waals surface area contributed by atoms with Gasteiger partial charge in [0.1, 0.15) is 40.9 Å². The van der Waals surface area contributed by atoms with Gasteiger partial charge in [0.2, 0.25) is 0 Å². The van der Waals surface area contributed by atoms with Crippen LogP contribution in [0.4, 0.5) is 0 Å². The second kappa shape index (κ2) is 7.35. The molecule has 29 heavy (non-hydrogen) atoms. The van der Waals surface area contributed by atoms with Crippen LogP contribution in [0.25, 0.3) is 11.0 Å². The molecule has 2 aliphatic rings. The van der Waals surface area contributed by atoms with E-state index in [1.807, 2.05) is 4.90 Å². The van der Waals surface area contributed by atoms with Crippen molar-refractivity contribution in [2.24, 2.45) is 0 Å². The van der Waals surface area contributed by atoms with Crippen LogP contribution in [0.5, 0.6) is 11.5 Å². The van der Waals surface area contributed by atoms with E-state index in [0.717, 1.165) is 25.9 Å². The molecule has 0 aliphatic carbocycles. The number of carbonyl (C=O) groups excluding carboxylic acids is 1. The molecule has 156 valence electrons. The lowest BCUT2D eigenvalue weighted by Gasteiger charge is -2.24. The summed E-state index contributed by atoms with van der Waals surface area (Å²) in [6, 6.07) is 2.76. The SMILES string of the molecule is CC(C)(O)C1Cc2c(cc3oc(COC(=O)CN4CCCC4)cc(=O)c3c2O)O1. The first-order valence-electron chi connectivity index (χ1n) is 9.81. The number of benzene rings is 1. The number of aliphatic hydroxyl groups is 1. The van der Waals surface area contributed by atoms with Gasteiger partial charge in [0.15, 0.2) is 5.43 Å². The zero-order valence-electron chi connectivity index (χ0n) is 16.6. The van der Waals surface area contributed by atoms with E-state index in [1.54, 1.807) is 13.8 Å². The van der Waals surface area contributed by atoms with Crippen molar-refractivity contribution in [3.8, 4) is 11.5 Å². The van der Waals surface area contributed by atoms with Gasteiger partial charge in [0.05, 0.1) is 12.1 Å². The molecule has 1 aromatic heterocycles. The Kier molecular flexibility index (Phi) is 5.00. The van der Waals surface area contributed by atoms with E-state index in [2.05, 4.69) is 0 Å². The Morgan fingerprint density at radius 2 is 2.03 bits per heavy atom. The van der Waals surface area contributed by atoms with Gasteiger partial charge in [-0.1, -0.05) is 0 Å². The highest BCUT2D eigenvalue weighted by Crippen LogP contribution is 2.42. The molecule has 1 saturated heterocycles. The molecule has 0 radical (unpaired) electrons. The molecule has 4 rings (SSSR count). The predicted octanol–water partition coefficient (Wildman–Crippen LogP) is 1.71. The fourth-order valence-electron chi connectivity index (χ4n) is 3.84. The Labute approximate surface area is 167 Å². The summed E-state index contributed by atoms with van der Waals surface area (Å²) in [6.45, 7) is 5.07. The Balaban J connectivity index is 1.55. The monoisotopic (exact) mass is 403 g/mol. The Morgan fingerprint density at radius 3 is 2.72 bits per heavy atom. The third kappa shape index (κ3) is 3.95. The van der Waals surface area contributed by atoms with E-state index in [-0.39, 0.29) is 48.0 Å². The number of phenols is 1. The van der Waals surface area contributed by atoms with Crippen LogP contribution in [0.3, 0.4) is 0 Å². The largest absolute Gasteiger partial charge is 0.507 e. The number of nitrogens with zero attached hydrogens (tertiary/aromatic N) is 1. The maximum Gasteiger partial charge on any atom is 0.320 e. The Hall–Kier alpha value is -2.58. The number of hydrogen-bond donors (Lipinski definition) is 2. The summed E-state index contributed by atoms with van der Waals surface area (Å²) < 4.78 is 16.7. The zero-order chi connectivity index (χ0) is 20.8. The Morgan fingerprint density at radius 1 is 1.31 bits per heavy atom. The van der Waals surface area contributed by atoms with E-state index < -0.39 is 17.1 Å². The maximum absolute atomic E-state index is 12.6. The van der Waals surface area contributed by atoms with Crippen LogP contribution in [-0.4, -0.2) is 52.4 Å². The first kappa shape index (κ1) is 19.7. The molecule has 2 N–H and O–H groups in total. The highest BCUT2D eigenvalue weighted by Gasteiger charge is 2.37. The Bertz CT molecular complexity index is 999. The zero-order valence-corrected chi connectivity index (χ0v) is 16.6. The van der Waals surface area contributed by atoms with Crippen molar-refractivity contribution in [1.82, 2.24) is 4.90 Å². The normalized spacial score (nSPS) is 19.3. The van der Waals surface area contributed by atoms with Gasteiger partial charge < -0.3 is 24.1 Å². The average Bonchev–Trinajstić information content (AvgIpc) is 3.29. The lowest BCUT2D eigenvalue weighted by atomic mass is 9.96. The number of hydrogen-bond acceptors (Lipinski definition) is 8. The topological polar surface area (TPSA) is 109 Å². The van der Waals surface area contributed by atoms with Gasteiger partial charge in [-0.3, -0.25) is 14.5 Å². The summed E-state index contributed by atoms with van der Waals surface area (Å²) in [5.41, 5.74) is -0.912. The minimum atomic E-state index is -1.11. The van der Waals surface area contributed by atoms with Crippen LogP contribution in [0.15, 0.2) is 21.3 Å². The van der Waals surface area contributed by atoms with Gasteiger partial charge in [-0.05, 0) is 39.8 Å². The van der Waals surface area contributed by atoms with Crippen LogP contribution < -0.4 is 10.2 Å². The number of esters is 1. The summed E-state index contributed by atoms with van der Waals surface area (Å²) in [5.74, 6) is -0.0134. The fourth-order valence-corrected chi connectivity index (χ4v) is 3.84. The number of phenolic OH excluding ortho intramolecular Hbond substituents is 1. The standard InChI is InChI=1S/C21H25NO7/c1-21(2,26)17-8-13-15(29-17)9-16-19(20(13)25)14(23)7-12(28-16)11-27-18(24)10-22-5-3-4-6-22/h7,9,17,25-26H,3-6,8,10-11H2,1-2H3. The third-order valence-corrected chi connectivity index (χ3v) is 5.48. The third-order valence-electron chi connectivity index (χ3n) is 5.48. The summed E-state index contributed by atoms with van der Waals surface area (Å²) in [5, 5.41) is 20.8. The van der Waals surface area contributed by atoms with Gasteiger partial charge in [-0.2, -0.15) is 0 Å². The van der Waals surface area contributed by atoms with Crippen LogP contribution in [0.1, 0.15) is 38.0 Å². The molecule has 8 nitrogen and oxygen atoms in total. The molecule has 0 saturated carbocycles. The van der Waals surface area contributed by atoms with Crippen molar-refractivity contribution in [2.75, 3.05) is 19.6 Å². The molecule has 1 aromatic carbocycles. The molecule has 2 aliphatic heterocycles. The van der Waals surface area contributed by atoms with Crippen LogP contribution in [-0.2, 0) is 22.6 Å². The minimum absolute atomic E-state index is 0.0517. The van der Waals surface area contributed by atoms with E-state index in [4.69, 9.17) is 13.9 Å². The van der Waals surface area contributed by atoms with E-state index in [1.165, 1.54) is 12.1 Å². The minimum Gasteiger partial charge on any atom is -0.507 e. The van der Waals surface area contributed by atoms with Crippen molar-refractivity contribution >= 4 is 16.9 Å². The van der Waals surface area contributed by atoms with Crippen LogP contribution >= 0.6 is 0 Å². The number of carbonyl (C=O) groups is 1. The smallest absolute Gasteiger partial charge is 0.320 e. The second-order valence-electron chi connectivity index (χ2n) is 8.26. The number of likely N-dealkylation sites (tertiary alicyclic amines) is 1. The molecule has 0 amide bonds. The van der Waals surface area contributed by atoms with Gasteiger partial charge in [-0.25, -0.2) is 0 Å². The highest BCUT2D eigenvalue weighted by atomic mass is 16.5. The van der Waals surface area contributed by atoms with Crippen molar-refractivity contribution < 1.29 is 28.9 Å². The first-order chi connectivity index (χ1) is 13.7.